The summed E-state index contributed by atoms with van der Waals surface area (Å²) in [4.78, 5) is 0. The van der Waals surface area contributed by atoms with Gasteiger partial charge in [0.2, 0.25) is 0 Å². The van der Waals surface area contributed by atoms with Crippen molar-refractivity contribution in [1.82, 2.24) is 0 Å². The van der Waals surface area contributed by atoms with Crippen molar-refractivity contribution in [2.45, 2.75) is 0 Å². The van der Waals surface area contributed by atoms with E-state index in [0.29, 0.717) is 0 Å². The maximum atomic E-state index is 11.9. The van der Waals surface area contributed by atoms with E-state index in [0.717, 1.165) is 12.8 Å². The third-order valence-electron chi connectivity index (χ3n) is 0.824. The van der Waals surface area contributed by atoms with E-state index in [1.165, 1.54) is 12.8 Å². The Kier molecular flexibility index (Phi) is 37.6. The van der Waals surface area contributed by atoms with Gasteiger partial charge in [0, 0.05) is 30.2 Å². The number of halogens is 2. The van der Waals surface area contributed by atoms with Crippen molar-refractivity contribution in [1.29, 1.82) is 0 Å². The van der Waals surface area contributed by atoms with Crippen LogP contribution in [0.4, 0.5) is 8.78 Å². The van der Waals surface area contributed by atoms with Crippen molar-refractivity contribution in [3.8, 4) is 0 Å². The average molecular weight is 250 g/mol. The Morgan fingerprint density at radius 1 is 0.733 bits per heavy atom. The summed E-state index contributed by atoms with van der Waals surface area (Å²) >= 11 is 0. The van der Waals surface area contributed by atoms with Crippen LogP contribution >= 0.6 is 0 Å². The first-order chi connectivity index (χ1) is 6.80. The predicted molar refractivity (Wildman–Crippen MR) is 37.7 cm³/mol. The van der Waals surface area contributed by atoms with Crippen molar-refractivity contribution in [2.75, 3.05) is 0 Å². The van der Waals surface area contributed by atoms with Gasteiger partial charge in [0.15, 0.2) is 12.3 Å². The monoisotopic (exact) mass is 250 g/mol. The molecule has 0 aromatic rings. The normalized spacial score (nSPS) is 14.4. The molecule has 1 aliphatic rings. The van der Waals surface area contributed by atoms with E-state index in [9.17, 15) is 8.78 Å². The van der Waals surface area contributed by atoms with E-state index in [-0.39, 0.29) is 17.4 Å². The van der Waals surface area contributed by atoms with Gasteiger partial charge in [-0.3, -0.25) is 0 Å². The van der Waals surface area contributed by atoms with Gasteiger partial charge in [0.1, 0.15) is 0 Å². The Labute approximate surface area is 98.5 Å². The van der Waals surface area contributed by atoms with E-state index in [4.69, 9.17) is 14.0 Å². The first-order valence-corrected chi connectivity index (χ1v) is 2.82. The summed E-state index contributed by atoms with van der Waals surface area (Å²) in [6, 6.07) is 0. The molecule has 0 amide bonds. The van der Waals surface area contributed by atoms with Gasteiger partial charge in [-0.15, -0.1) is 0 Å². The fourth-order valence-electron chi connectivity index (χ4n) is 0.439. The third-order valence-corrected chi connectivity index (χ3v) is 0.824. The standard InChI is InChI=1S/C6H4F2.3CO.Cr/c7-5-3-1-2-4-6(5)8;3*1-2;/h1-4H;;;;. The van der Waals surface area contributed by atoms with E-state index in [2.05, 4.69) is 20.0 Å². The van der Waals surface area contributed by atoms with Gasteiger partial charge in [0.25, 0.3) is 0 Å². The van der Waals surface area contributed by atoms with Crippen molar-refractivity contribution >= 4 is 0 Å². The van der Waals surface area contributed by atoms with Gasteiger partial charge in [-0.1, -0.05) is 0 Å². The third kappa shape index (κ3) is 16.3. The summed E-state index contributed by atoms with van der Waals surface area (Å²) in [5.41, 5.74) is 0. The second kappa shape index (κ2) is 23.4. The molecule has 1 saturated carbocycles. The molecule has 0 heterocycles. The van der Waals surface area contributed by atoms with Gasteiger partial charge in [0.05, 0.1) is 0 Å². The molecule has 15 heavy (non-hydrogen) atoms. The quantitative estimate of drug-likeness (QED) is 0.464. The van der Waals surface area contributed by atoms with Gasteiger partial charge in [-0.05, 0) is 12.8 Å². The van der Waals surface area contributed by atoms with E-state index >= 15 is 0 Å². The molecule has 78 valence electrons. The molecule has 0 aliphatic heterocycles. The molecule has 1 fully saturated rings. The van der Waals surface area contributed by atoms with Crippen molar-refractivity contribution in [3.63, 3.8) is 0 Å². The molecule has 0 atom stereocenters. The molecule has 0 bridgehead atoms. The van der Waals surface area contributed by atoms with Crippen LogP contribution in [0.1, 0.15) is 0 Å². The summed E-state index contributed by atoms with van der Waals surface area (Å²) in [5, 5.41) is 0. The number of rotatable bonds is 0. The summed E-state index contributed by atoms with van der Waals surface area (Å²) in [5.74, 6) is 0. The largest absolute Gasteiger partial charge is 0 e. The molecular weight excluding hydrogens is 246 g/mol. The summed E-state index contributed by atoms with van der Waals surface area (Å²) < 4.78 is 46.4. The van der Waals surface area contributed by atoms with Crippen LogP contribution in [0.3, 0.4) is 0 Å². The minimum absolute atomic E-state index is 0. The minimum atomic E-state index is -0.799. The smallest absolute Gasteiger partial charge is 0 e. The maximum Gasteiger partial charge on any atom is 0 e. The molecule has 6 radical (unpaired) electrons. The Morgan fingerprint density at radius 2 is 0.933 bits per heavy atom. The van der Waals surface area contributed by atoms with Crippen molar-refractivity contribution < 1.29 is 40.1 Å². The van der Waals surface area contributed by atoms with Gasteiger partial charge in [-0.25, -0.2) is 8.78 Å². The molecule has 3 nitrogen and oxygen atoms in total. The Balaban J connectivity index is -0.0000000755. The predicted octanol–water partition coefficient (Wildman–Crippen LogP) is 1.71. The average Bonchev–Trinajstić information content (AvgIpc) is 2.31. The van der Waals surface area contributed by atoms with Gasteiger partial charge in [-0.2, -0.15) is 0 Å². The van der Waals surface area contributed by atoms with Crippen LogP contribution in [-0.2, 0) is 31.3 Å². The maximum absolute atomic E-state index is 11.9. The molecule has 0 unspecified atom stereocenters. The number of hydrogen-bond donors (Lipinski definition) is 0. The molecule has 0 aromatic carbocycles. The molecule has 0 aromatic heterocycles. The fraction of sp³-hybridized carbons (Fsp3) is 0. The Morgan fingerprint density at radius 3 is 1.07 bits per heavy atom. The fourth-order valence-corrected chi connectivity index (χ4v) is 0.439. The van der Waals surface area contributed by atoms with Crippen LogP contribution in [-0.4, -0.2) is 0 Å². The first kappa shape index (κ1) is 24.0. The molecule has 0 spiro atoms. The minimum Gasteiger partial charge on any atom is 0 e. The summed E-state index contributed by atoms with van der Waals surface area (Å²) in [7, 11) is 0. The second-order valence-electron chi connectivity index (χ2n) is 1.41. The van der Waals surface area contributed by atoms with E-state index in [1.807, 2.05) is 0 Å². The number of hydrogen-bond acceptors (Lipinski definition) is 0. The second-order valence-corrected chi connectivity index (χ2v) is 1.41. The molecule has 1 aliphatic carbocycles. The van der Waals surface area contributed by atoms with Crippen LogP contribution < -0.4 is 0 Å². The van der Waals surface area contributed by atoms with Gasteiger partial charge >= 0.3 is 33.9 Å². The van der Waals surface area contributed by atoms with Crippen LogP contribution in [0.15, 0.2) is 0 Å². The zero-order valence-electron chi connectivity index (χ0n) is 7.20. The molecule has 0 saturated heterocycles. The molecule has 6 heteroatoms. The molecule has 0 N–H and O–H groups in total. The first-order valence-electron chi connectivity index (χ1n) is 2.82. The van der Waals surface area contributed by atoms with E-state index < -0.39 is 12.3 Å². The molecular formula is C9H4CrF2O3. The van der Waals surface area contributed by atoms with Crippen LogP contribution in [0.5, 0.6) is 0 Å². The topological polar surface area (TPSA) is 59.7 Å². The van der Waals surface area contributed by atoms with Crippen LogP contribution in [0.2, 0.25) is 0 Å². The zero-order chi connectivity index (χ0) is 12.0. The SMILES string of the molecule is F[C]1[CH][CH][CH][CH][C]1F.[C-]#[O+].[C-]#[O+].[C-]#[O+].[Cr]. The van der Waals surface area contributed by atoms with Crippen molar-refractivity contribution in [3.05, 3.63) is 58.0 Å². The van der Waals surface area contributed by atoms with Crippen molar-refractivity contribution in [2.24, 2.45) is 0 Å². The molecule has 1 rings (SSSR count). The zero-order valence-corrected chi connectivity index (χ0v) is 8.47. The van der Waals surface area contributed by atoms with Crippen LogP contribution in [0, 0.1) is 58.0 Å². The van der Waals surface area contributed by atoms with Gasteiger partial charge < -0.3 is 0 Å². The van der Waals surface area contributed by atoms with Crippen LogP contribution in [0.25, 0.3) is 0 Å². The van der Waals surface area contributed by atoms with E-state index in [1.54, 1.807) is 0 Å². The summed E-state index contributed by atoms with van der Waals surface area (Å²) in [6.45, 7) is 13.5. The Hall–Kier alpha value is -0.388. The Bertz CT molecular complexity index is 146. The summed E-state index contributed by atoms with van der Waals surface area (Å²) in [6.07, 6.45) is 3.45.